The first-order valence-corrected chi connectivity index (χ1v) is 6.32. The van der Waals surface area contributed by atoms with Crippen LogP contribution in [0.3, 0.4) is 0 Å². The molecule has 0 saturated heterocycles. The molecule has 96 valence electrons. The largest absolute Gasteiger partial charge is 0.462 e. The summed E-state index contributed by atoms with van der Waals surface area (Å²) in [7, 11) is -3.90. The van der Waals surface area contributed by atoms with Crippen molar-refractivity contribution in [1.29, 1.82) is 0 Å². The number of aromatic amines is 1. The number of aliphatic hydroxyl groups excluding tert-OH is 1. The molecule has 0 aliphatic rings. The maximum absolute atomic E-state index is 11.7. The van der Waals surface area contributed by atoms with Crippen LogP contribution in [0.25, 0.3) is 0 Å². The van der Waals surface area contributed by atoms with Crippen LogP contribution in [0.15, 0.2) is 11.2 Å². The van der Waals surface area contributed by atoms with Gasteiger partial charge in [-0.1, -0.05) is 0 Å². The Kier molecular flexibility index (Phi) is 4.61. The molecule has 1 rings (SSSR count). The summed E-state index contributed by atoms with van der Waals surface area (Å²) in [6, 6.07) is 0. The first-order chi connectivity index (χ1) is 8.03. The second kappa shape index (κ2) is 5.75. The van der Waals surface area contributed by atoms with Crippen molar-refractivity contribution in [3.8, 4) is 0 Å². The molecule has 0 saturated carbocycles. The Bertz CT molecular complexity index is 481. The molecule has 1 aromatic heterocycles. The fourth-order valence-electron chi connectivity index (χ4n) is 1.09. The molecular weight excluding hydrogens is 250 g/mol. The summed E-state index contributed by atoms with van der Waals surface area (Å²) in [5.74, 6) is -0.773. The number of rotatable bonds is 6. The number of aromatic nitrogens is 2. The van der Waals surface area contributed by atoms with Gasteiger partial charge in [0, 0.05) is 6.54 Å². The van der Waals surface area contributed by atoms with Gasteiger partial charge >= 0.3 is 5.97 Å². The minimum Gasteiger partial charge on any atom is -0.462 e. The van der Waals surface area contributed by atoms with Crippen LogP contribution in [0, 0.1) is 0 Å². The Morgan fingerprint density at radius 2 is 2.35 bits per heavy atom. The molecule has 0 atom stereocenters. The van der Waals surface area contributed by atoms with Crippen molar-refractivity contribution >= 4 is 16.0 Å². The third-order valence-electron chi connectivity index (χ3n) is 1.77. The lowest BCUT2D eigenvalue weighted by atomic mass is 10.4. The molecule has 9 heteroatoms. The molecule has 0 unspecified atom stereocenters. The maximum atomic E-state index is 11.7. The van der Waals surface area contributed by atoms with E-state index in [9.17, 15) is 13.2 Å². The van der Waals surface area contributed by atoms with Crippen molar-refractivity contribution < 1.29 is 23.1 Å². The lowest BCUT2D eigenvalue weighted by molar-refractivity contribution is 0.0522. The van der Waals surface area contributed by atoms with Crippen molar-refractivity contribution in [2.24, 2.45) is 0 Å². The van der Waals surface area contributed by atoms with Gasteiger partial charge in [0.25, 0.3) is 10.0 Å². The number of aliphatic hydroxyl groups is 1. The van der Waals surface area contributed by atoms with Gasteiger partial charge in [-0.3, -0.25) is 5.10 Å². The smallest absolute Gasteiger partial charge is 0.342 e. The van der Waals surface area contributed by atoms with Gasteiger partial charge in [-0.2, -0.15) is 5.10 Å². The molecule has 0 spiro atoms. The highest BCUT2D eigenvalue weighted by atomic mass is 32.2. The van der Waals surface area contributed by atoms with E-state index in [0.717, 1.165) is 6.20 Å². The quantitative estimate of drug-likeness (QED) is 0.557. The van der Waals surface area contributed by atoms with Gasteiger partial charge in [-0.15, -0.1) is 0 Å². The average molecular weight is 263 g/mol. The monoisotopic (exact) mass is 263 g/mol. The zero-order chi connectivity index (χ0) is 12.9. The van der Waals surface area contributed by atoms with E-state index in [0.29, 0.717) is 0 Å². The Hall–Kier alpha value is -1.45. The number of carbonyl (C=O) groups is 1. The van der Waals surface area contributed by atoms with E-state index in [1.165, 1.54) is 0 Å². The Morgan fingerprint density at radius 3 is 2.94 bits per heavy atom. The number of nitrogens with zero attached hydrogens (tertiary/aromatic N) is 1. The van der Waals surface area contributed by atoms with Crippen LogP contribution < -0.4 is 4.72 Å². The number of H-pyrrole nitrogens is 1. The highest BCUT2D eigenvalue weighted by molar-refractivity contribution is 7.89. The SMILES string of the molecule is CCOC(=O)c1cn[nH]c1S(=O)(=O)NCCO. The van der Waals surface area contributed by atoms with Crippen molar-refractivity contribution in [3.63, 3.8) is 0 Å². The fraction of sp³-hybridized carbons (Fsp3) is 0.500. The molecule has 0 aliphatic carbocycles. The van der Waals surface area contributed by atoms with Crippen LogP contribution in [0.1, 0.15) is 17.3 Å². The molecule has 1 heterocycles. The van der Waals surface area contributed by atoms with E-state index in [2.05, 4.69) is 19.7 Å². The summed E-state index contributed by atoms with van der Waals surface area (Å²) < 4.78 is 30.1. The highest BCUT2D eigenvalue weighted by Crippen LogP contribution is 2.12. The molecule has 0 aromatic carbocycles. The highest BCUT2D eigenvalue weighted by Gasteiger charge is 2.25. The minimum atomic E-state index is -3.90. The van der Waals surface area contributed by atoms with Gasteiger partial charge in [0.2, 0.25) is 0 Å². The molecular formula is C8H13N3O5S. The molecule has 0 radical (unpaired) electrons. The first-order valence-electron chi connectivity index (χ1n) is 4.84. The van der Waals surface area contributed by atoms with Crippen molar-refractivity contribution in [1.82, 2.24) is 14.9 Å². The number of hydrogen-bond donors (Lipinski definition) is 3. The number of nitrogens with one attached hydrogen (secondary N) is 2. The predicted octanol–water partition coefficient (Wildman–Crippen LogP) is -1.14. The normalized spacial score (nSPS) is 11.4. The summed E-state index contributed by atoms with van der Waals surface area (Å²) in [6.07, 6.45) is 1.07. The molecule has 1 aromatic rings. The Labute approximate surface area is 98.0 Å². The molecule has 17 heavy (non-hydrogen) atoms. The number of esters is 1. The van der Waals surface area contributed by atoms with E-state index < -0.39 is 16.0 Å². The van der Waals surface area contributed by atoms with E-state index in [1.807, 2.05) is 0 Å². The van der Waals surface area contributed by atoms with E-state index in [4.69, 9.17) is 5.11 Å². The zero-order valence-corrected chi connectivity index (χ0v) is 9.95. The van der Waals surface area contributed by atoms with Gasteiger partial charge in [0.05, 0.1) is 19.4 Å². The third kappa shape index (κ3) is 3.25. The van der Waals surface area contributed by atoms with Gasteiger partial charge < -0.3 is 9.84 Å². The summed E-state index contributed by atoms with van der Waals surface area (Å²) in [4.78, 5) is 11.4. The number of ether oxygens (including phenoxy) is 1. The molecule has 0 aliphatic heterocycles. The summed E-state index contributed by atoms with van der Waals surface area (Å²) in [5, 5.41) is 13.9. The maximum Gasteiger partial charge on any atom is 0.342 e. The lowest BCUT2D eigenvalue weighted by Crippen LogP contribution is -2.28. The molecule has 0 fully saturated rings. The van der Waals surface area contributed by atoms with Crippen molar-refractivity contribution in [3.05, 3.63) is 11.8 Å². The summed E-state index contributed by atoms with van der Waals surface area (Å²) >= 11 is 0. The standard InChI is InChI=1S/C8H13N3O5S/c1-2-16-8(13)6-5-9-11-7(6)17(14,15)10-3-4-12/h5,10,12H,2-4H2,1H3,(H,9,11). The minimum absolute atomic E-state index is 0.133. The van der Waals surface area contributed by atoms with Crippen LogP contribution >= 0.6 is 0 Å². The van der Waals surface area contributed by atoms with Crippen LogP contribution in [-0.4, -0.2) is 49.4 Å². The van der Waals surface area contributed by atoms with E-state index in [1.54, 1.807) is 6.92 Å². The second-order valence-corrected chi connectivity index (χ2v) is 4.66. The summed E-state index contributed by atoms with van der Waals surface area (Å²) in [5.41, 5.74) is -0.169. The first kappa shape index (κ1) is 13.6. The topological polar surface area (TPSA) is 121 Å². The third-order valence-corrected chi connectivity index (χ3v) is 3.21. The van der Waals surface area contributed by atoms with Gasteiger partial charge in [-0.05, 0) is 6.92 Å². The number of hydrogen-bond acceptors (Lipinski definition) is 6. The predicted molar refractivity (Wildman–Crippen MR) is 56.8 cm³/mol. The fourth-order valence-corrected chi connectivity index (χ4v) is 2.19. The Balaban J connectivity index is 2.99. The van der Waals surface area contributed by atoms with Gasteiger partial charge in [0.15, 0.2) is 5.03 Å². The average Bonchev–Trinajstić information content (AvgIpc) is 2.76. The number of sulfonamides is 1. The van der Waals surface area contributed by atoms with E-state index >= 15 is 0 Å². The van der Waals surface area contributed by atoms with Crippen molar-refractivity contribution in [2.45, 2.75) is 11.9 Å². The second-order valence-electron chi connectivity index (χ2n) is 2.95. The molecule has 3 N–H and O–H groups in total. The summed E-state index contributed by atoms with van der Waals surface area (Å²) in [6.45, 7) is 1.25. The van der Waals surface area contributed by atoms with Gasteiger partial charge in [-0.25, -0.2) is 17.9 Å². The van der Waals surface area contributed by atoms with Crippen molar-refractivity contribution in [2.75, 3.05) is 19.8 Å². The van der Waals surface area contributed by atoms with Crippen LogP contribution in [0.4, 0.5) is 0 Å². The van der Waals surface area contributed by atoms with Crippen LogP contribution in [0.5, 0.6) is 0 Å². The zero-order valence-electron chi connectivity index (χ0n) is 9.13. The van der Waals surface area contributed by atoms with Gasteiger partial charge in [0.1, 0.15) is 5.56 Å². The van der Waals surface area contributed by atoms with Crippen LogP contribution in [-0.2, 0) is 14.8 Å². The van der Waals surface area contributed by atoms with E-state index in [-0.39, 0.29) is 30.3 Å². The van der Waals surface area contributed by atoms with Crippen LogP contribution in [0.2, 0.25) is 0 Å². The molecule has 8 nitrogen and oxygen atoms in total. The molecule has 0 amide bonds. The number of carbonyl (C=O) groups excluding carboxylic acids is 1. The Morgan fingerprint density at radius 1 is 1.65 bits per heavy atom. The lowest BCUT2D eigenvalue weighted by Gasteiger charge is -2.05. The molecule has 0 bridgehead atoms.